The predicted octanol–water partition coefficient (Wildman–Crippen LogP) is 2.71. The molecule has 0 aliphatic heterocycles. The summed E-state index contributed by atoms with van der Waals surface area (Å²) in [6.07, 6.45) is 2.78. The second kappa shape index (κ2) is 3.83. The molecule has 3 nitrogen and oxygen atoms in total. The van der Waals surface area contributed by atoms with Gasteiger partial charge in [-0.1, -0.05) is 32.9 Å². The van der Waals surface area contributed by atoms with E-state index in [1.54, 1.807) is 12.4 Å². The van der Waals surface area contributed by atoms with Gasteiger partial charge in [-0.05, 0) is 11.5 Å². The normalized spacial score (nSPS) is 14.0. The molecular formula is C13H16N2O. The molecule has 16 heavy (non-hydrogen) atoms. The van der Waals surface area contributed by atoms with E-state index in [0.717, 1.165) is 16.6 Å². The Labute approximate surface area is 95.2 Å². The number of fused-ring (bicyclic) bond motifs is 1. The Morgan fingerprint density at radius 3 is 2.50 bits per heavy atom. The van der Waals surface area contributed by atoms with E-state index < -0.39 is 6.10 Å². The number of hydrogen-bond acceptors (Lipinski definition) is 3. The van der Waals surface area contributed by atoms with Crippen LogP contribution in [0, 0.1) is 5.41 Å². The van der Waals surface area contributed by atoms with E-state index in [9.17, 15) is 5.11 Å². The molecule has 2 rings (SSSR count). The minimum atomic E-state index is -0.534. The zero-order valence-electron chi connectivity index (χ0n) is 9.81. The summed E-state index contributed by atoms with van der Waals surface area (Å²) in [6.45, 7) is 6.02. The van der Waals surface area contributed by atoms with Crippen molar-refractivity contribution in [1.82, 2.24) is 9.97 Å². The lowest BCUT2D eigenvalue weighted by atomic mass is 9.84. The van der Waals surface area contributed by atoms with Gasteiger partial charge in [-0.3, -0.25) is 9.97 Å². The van der Waals surface area contributed by atoms with Crippen molar-refractivity contribution in [3.63, 3.8) is 0 Å². The average molecular weight is 216 g/mol. The number of para-hydroxylation sites is 1. The summed E-state index contributed by atoms with van der Waals surface area (Å²) in [4.78, 5) is 8.53. The molecule has 2 aromatic rings. The van der Waals surface area contributed by atoms with Gasteiger partial charge in [0.2, 0.25) is 0 Å². The third kappa shape index (κ3) is 1.91. The maximum atomic E-state index is 10.3. The van der Waals surface area contributed by atoms with Gasteiger partial charge in [0, 0.05) is 18.0 Å². The fraction of sp³-hybridized carbons (Fsp3) is 0.385. The van der Waals surface area contributed by atoms with Crippen molar-refractivity contribution in [3.8, 4) is 0 Å². The van der Waals surface area contributed by atoms with Crippen LogP contribution in [0.15, 0.2) is 30.6 Å². The molecule has 0 saturated carbocycles. The van der Waals surface area contributed by atoms with Crippen LogP contribution in [0.25, 0.3) is 11.0 Å². The van der Waals surface area contributed by atoms with E-state index in [1.165, 1.54) is 0 Å². The number of benzene rings is 1. The number of aromatic nitrogens is 2. The lowest BCUT2D eigenvalue weighted by Gasteiger charge is -2.26. The number of nitrogens with zero attached hydrogens (tertiary/aromatic N) is 2. The van der Waals surface area contributed by atoms with Gasteiger partial charge in [0.25, 0.3) is 0 Å². The van der Waals surface area contributed by atoms with E-state index in [0.29, 0.717) is 0 Å². The standard InChI is InChI=1S/C13H16N2O/c1-13(2,3)12(16)9-5-4-6-10-11(9)15-8-7-14-10/h4-8,12,16H,1-3H3. The third-order valence-corrected chi connectivity index (χ3v) is 2.64. The molecule has 1 heterocycles. The van der Waals surface area contributed by atoms with Gasteiger partial charge in [-0.2, -0.15) is 0 Å². The van der Waals surface area contributed by atoms with Crippen molar-refractivity contribution >= 4 is 11.0 Å². The van der Waals surface area contributed by atoms with E-state index >= 15 is 0 Å². The molecule has 0 amide bonds. The first kappa shape index (κ1) is 11.0. The number of rotatable bonds is 1. The van der Waals surface area contributed by atoms with Crippen LogP contribution >= 0.6 is 0 Å². The molecule has 1 aromatic heterocycles. The maximum Gasteiger partial charge on any atom is 0.0944 e. The van der Waals surface area contributed by atoms with E-state index in [1.807, 2.05) is 39.0 Å². The SMILES string of the molecule is CC(C)(C)C(O)c1cccc2nccnc12. The first-order valence-electron chi connectivity index (χ1n) is 5.38. The summed E-state index contributed by atoms with van der Waals surface area (Å²) in [6, 6.07) is 5.72. The Kier molecular flexibility index (Phi) is 2.64. The topological polar surface area (TPSA) is 46.0 Å². The lowest BCUT2D eigenvalue weighted by Crippen LogP contribution is -2.18. The van der Waals surface area contributed by atoms with E-state index in [2.05, 4.69) is 9.97 Å². The zero-order valence-corrected chi connectivity index (χ0v) is 9.81. The fourth-order valence-electron chi connectivity index (χ4n) is 1.70. The molecule has 3 heteroatoms. The van der Waals surface area contributed by atoms with Crippen LogP contribution in [0.4, 0.5) is 0 Å². The molecule has 0 fully saturated rings. The second-order valence-electron chi connectivity index (χ2n) is 5.04. The quantitative estimate of drug-likeness (QED) is 0.797. The molecule has 1 unspecified atom stereocenters. The summed E-state index contributed by atoms with van der Waals surface area (Å²) >= 11 is 0. The molecule has 0 radical (unpaired) electrons. The predicted molar refractivity (Wildman–Crippen MR) is 64.0 cm³/mol. The van der Waals surface area contributed by atoms with Crippen molar-refractivity contribution < 1.29 is 5.11 Å². The Bertz CT molecular complexity index is 497. The molecule has 0 saturated heterocycles. The minimum absolute atomic E-state index is 0.203. The summed E-state index contributed by atoms with van der Waals surface area (Å²) in [5.41, 5.74) is 2.25. The van der Waals surface area contributed by atoms with Gasteiger partial charge in [-0.25, -0.2) is 0 Å². The van der Waals surface area contributed by atoms with Crippen LogP contribution < -0.4 is 0 Å². The summed E-state index contributed by atoms with van der Waals surface area (Å²) in [5.74, 6) is 0. The zero-order chi connectivity index (χ0) is 11.8. The van der Waals surface area contributed by atoms with Crippen LogP contribution in [0.2, 0.25) is 0 Å². The minimum Gasteiger partial charge on any atom is -0.388 e. The van der Waals surface area contributed by atoms with Crippen LogP contribution in [-0.4, -0.2) is 15.1 Å². The summed E-state index contributed by atoms with van der Waals surface area (Å²) in [5, 5.41) is 10.3. The number of hydrogen-bond donors (Lipinski definition) is 1. The summed E-state index contributed by atoms with van der Waals surface area (Å²) < 4.78 is 0. The highest BCUT2D eigenvalue weighted by molar-refractivity contribution is 5.77. The molecular weight excluding hydrogens is 200 g/mol. The molecule has 0 bridgehead atoms. The maximum absolute atomic E-state index is 10.3. The average Bonchev–Trinajstić information content (AvgIpc) is 2.26. The van der Waals surface area contributed by atoms with Crippen molar-refractivity contribution in [1.29, 1.82) is 0 Å². The second-order valence-corrected chi connectivity index (χ2v) is 5.04. The van der Waals surface area contributed by atoms with Crippen molar-refractivity contribution in [2.24, 2.45) is 5.41 Å². The van der Waals surface area contributed by atoms with Crippen LogP contribution in [-0.2, 0) is 0 Å². The first-order chi connectivity index (χ1) is 7.50. The van der Waals surface area contributed by atoms with Gasteiger partial charge in [0.05, 0.1) is 17.1 Å². The molecule has 0 aliphatic rings. The number of aliphatic hydroxyl groups is 1. The Morgan fingerprint density at radius 1 is 1.12 bits per heavy atom. The molecule has 1 N–H and O–H groups in total. The molecule has 1 aromatic carbocycles. The summed E-state index contributed by atoms with van der Waals surface area (Å²) in [7, 11) is 0. The van der Waals surface area contributed by atoms with Crippen LogP contribution in [0.5, 0.6) is 0 Å². The van der Waals surface area contributed by atoms with Crippen LogP contribution in [0.1, 0.15) is 32.4 Å². The highest BCUT2D eigenvalue weighted by Gasteiger charge is 2.25. The largest absolute Gasteiger partial charge is 0.388 e. The Hall–Kier alpha value is -1.48. The van der Waals surface area contributed by atoms with E-state index in [-0.39, 0.29) is 5.41 Å². The highest BCUT2D eigenvalue weighted by Crippen LogP contribution is 2.34. The van der Waals surface area contributed by atoms with Gasteiger partial charge in [-0.15, -0.1) is 0 Å². The Balaban J connectivity index is 2.61. The number of aliphatic hydroxyl groups excluding tert-OH is 1. The molecule has 1 atom stereocenters. The molecule has 0 spiro atoms. The lowest BCUT2D eigenvalue weighted by molar-refractivity contribution is 0.0638. The third-order valence-electron chi connectivity index (χ3n) is 2.64. The fourth-order valence-corrected chi connectivity index (χ4v) is 1.70. The van der Waals surface area contributed by atoms with Crippen molar-refractivity contribution in [2.45, 2.75) is 26.9 Å². The van der Waals surface area contributed by atoms with Crippen LogP contribution in [0.3, 0.4) is 0 Å². The van der Waals surface area contributed by atoms with Gasteiger partial charge in [0.1, 0.15) is 0 Å². The van der Waals surface area contributed by atoms with Gasteiger partial charge < -0.3 is 5.11 Å². The highest BCUT2D eigenvalue weighted by atomic mass is 16.3. The van der Waals surface area contributed by atoms with E-state index in [4.69, 9.17) is 0 Å². The smallest absolute Gasteiger partial charge is 0.0944 e. The monoisotopic (exact) mass is 216 g/mol. The molecule has 0 aliphatic carbocycles. The van der Waals surface area contributed by atoms with Crippen molar-refractivity contribution in [3.05, 3.63) is 36.2 Å². The van der Waals surface area contributed by atoms with Gasteiger partial charge in [0.15, 0.2) is 0 Å². The van der Waals surface area contributed by atoms with Gasteiger partial charge >= 0.3 is 0 Å². The van der Waals surface area contributed by atoms with Crippen molar-refractivity contribution in [2.75, 3.05) is 0 Å². The Morgan fingerprint density at radius 2 is 1.81 bits per heavy atom. The molecule has 84 valence electrons. The first-order valence-corrected chi connectivity index (χ1v) is 5.38.